The van der Waals surface area contributed by atoms with Gasteiger partial charge >= 0.3 is 0 Å². The van der Waals surface area contributed by atoms with Crippen LogP contribution in [0.3, 0.4) is 0 Å². The molecule has 2 aliphatic rings. The maximum atomic E-state index is 13.1. The van der Waals surface area contributed by atoms with Crippen LogP contribution in [0.5, 0.6) is 0 Å². The molecule has 3 aromatic rings. The number of nitro groups is 1. The molecular formula is C25H22ClN3O4S. The van der Waals surface area contributed by atoms with Gasteiger partial charge in [-0.15, -0.1) is 0 Å². The Morgan fingerprint density at radius 1 is 1.09 bits per heavy atom. The maximum Gasteiger partial charge on any atom is 0.269 e. The molecule has 0 fully saturated rings. The van der Waals surface area contributed by atoms with E-state index in [0.29, 0.717) is 16.3 Å². The minimum atomic E-state index is -3.78. The molecular weight excluding hydrogens is 474 g/mol. The van der Waals surface area contributed by atoms with Gasteiger partial charge in [-0.25, -0.2) is 8.42 Å². The third-order valence-electron chi connectivity index (χ3n) is 6.44. The summed E-state index contributed by atoms with van der Waals surface area (Å²) in [6.07, 6.45) is 4.89. The van der Waals surface area contributed by atoms with E-state index in [2.05, 4.69) is 22.2 Å². The maximum absolute atomic E-state index is 13.1. The SMILES string of the molecule is Cc1cccc(NS(=O)(=O)c2ccc3c(c2)[C@H]2C=CC[C@H]2[C@@H](c2cc([N+](=O)[O-])ccc2Cl)N3)c1. The van der Waals surface area contributed by atoms with Crippen molar-refractivity contribution in [2.24, 2.45) is 5.92 Å². The number of nitrogens with one attached hydrogen (secondary N) is 2. The molecule has 2 N–H and O–H groups in total. The fourth-order valence-corrected chi connectivity index (χ4v) is 6.17. The number of hydrogen-bond acceptors (Lipinski definition) is 5. The Morgan fingerprint density at radius 2 is 1.91 bits per heavy atom. The van der Waals surface area contributed by atoms with Crippen molar-refractivity contribution >= 4 is 38.7 Å². The molecule has 34 heavy (non-hydrogen) atoms. The molecule has 0 amide bonds. The van der Waals surface area contributed by atoms with E-state index in [0.717, 1.165) is 23.2 Å². The van der Waals surface area contributed by atoms with Crippen molar-refractivity contribution in [3.05, 3.63) is 105 Å². The van der Waals surface area contributed by atoms with E-state index in [-0.39, 0.29) is 28.5 Å². The van der Waals surface area contributed by atoms with Gasteiger partial charge in [0.1, 0.15) is 0 Å². The van der Waals surface area contributed by atoms with E-state index in [1.54, 1.807) is 42.5 Å². The number of benzene rings is 3. The van der Waals surface area contributed by atoms with Crippen molar-refractivity contribution in [1.29, 1.82) is 0 Å². The molecule has 0 unspecified atom stereocenters. The fraction of sp³-hybridized carbons (Fsp3) is 0.200. The van der Waals surface area contributed by atoms with Crippen LogP contribution < -0.4 is 10.0 Å². The van der Waals surface area contributed by atoms with Crippen LogP contribution in [0.2, 0.25) is 5.02 Å². The summed E-state index contributed by atoms with van der Waals surface area (Å²) in [5.41, 5.74) is 3.78. The number of nitro benzene ring substituents is 1. The molecule has 0 aromatic heterocycles. The Labute approximate surface area is 202 Å². The minimum absolute atomic E-state index is 0.0156. The molecule has 1 heterocycles. The second-order valence-corrected chi connectivity index (χ2v) is 10.8. The van der Waals surface area contributed by atoms with E-state index < -0.39 is 14.9 Å². The molecule has 0 bridgehead atoms. The van der Waals surface area contributed by atoms with Gasteiger partial charge in [0.05, 0.1) is 15.9 Å². The summed E-state index contributed by atoms with van der Waals surface area (Å²) >= 11 is 6.45. The molecule has 0 radical (unpaired) electrons. The summed E-state index contributed by atoms with van der Waals surface area (Å²) in [5, 5.41) is 15.2. The number of halogens is 1. The number of hydrogen-bond donors (Lipinski definition) is 2. The number of non-ortho nitro benzene ring substituents is 1. The Bertz CT molecular complexity index is 1440. The monoisotopic (exact) mass is 495 g/mol. The summed E-state index contributed by atoms with van der Waals surface area (Å²) < 4.78 is 28.8. The van der Waals surface area contributed by atoms with Crippen molar-refractivity contribution in [3.63, 3.8) is 0 Å². The Morgan fingerprint density at radius 3 is 2.68 bits per heavy atom. The van der Waals surface area contributed by atoms with Crippen LogP contribution in [0, 0.1) is 23.0 Å². The topological polar surface area (TPSA) is 101 Å². The lowest BCUT2D eigenvalue weighted by Gasteiger charge is -2.38. The minimum Gasteiger partial charge on any atom is -0.378 e. The van der Waals surface area contributed by atoms with Crippen molar-refractivity contribution in [2.75, 3.05) is 10.0 Å². The molecule has 0 saturated heterocycles. The Kier molecular flexibility index (Phi) is 5.58. The van der Waals surface area contributed by atoms with Gasteiger partial charge in [-0.3, -0.25) is 14.8 Å². The van der Waals surface area contributed by atoms with Crippen molar-refractivity contribution in [3.8, 4) is 0 Å². The standard InChI is InChI=1S/C25H22ClN3O4S/c1-15-4-2-5-16(12-15)28-34(32,33)18-9-11-24-21(14-18)19-6-3-7-20(19)25(27-24)22-13-17(29(30)31)8-10-23(22)26/h2-6,8-14,19-20,25,27-28H,7H2,1H3/t19-,20+,25-/m0/s1. The van der Waals surface area contributed by atoms with Crippen LogP contribution in [-0.4, -0.2) is 13.3 Å². The van der Waals surface area contributed by atoms with Crippen LogP contribution in [0.25, 0.3) is 0 Å². The molecule has 1 aliphatic heterocycles. The molecule has 3 aromatic carbocycles. The molecule has 3 atom stereocenters. The normalized spacial score (nSPS) is 20.8. The van der Waals surface area contributed by atoms with E-state index in [1.807, 2.05) is 13.0 Å². The van der Waals surface area contributed by atoms with Crippen LogP contribution in [0.4, 0.5) is 17.1 Å². The van der Waals surface area contributed by atoms with Crippen LogP contribution in [0.1, 0.15) is 35.1 Å². The number of anilines is 2. The van der Waals surface area contributed by atoms with Gasteiger partial charge in [-0.2, -0.15) is 0 Å². The van der Waals surface area contributed by atoms with Gasteiger partial charge in [0.25, 0.3) is 15.7 Å². The molecule has 0 saturated carbocycles. The summed E-state index contributed by atoms with van der Waals surface area (Å²) in [6.45, 7) is 1.90. The van der Waals surface area contributed by atoms with Gasteiger partial charge in [-0.1, -0.05) is 35.9 Å². The summed E-state index contributed by atoms with van der Waals surface area (Å²) in [6, 6.07) is 16.4. The van der Waals surface area contributed by atoms with Crippen LogP contribution >= 0.6 is 11.6 Å². The summed E-state index contributed by atoms with van der Waals surface area (Å²) in [5.74, 6) is 0.0142. The Hall–Kier alpha value is -3.36. The lowest BCUT2D eigenvalue weighted by Crippen LogP contribution is -2.29. The van der Waals surface area contributed by atoms with Crippen molar-refractivity contribution in [2.45, 2.75) is 30.2 Å². The van der Waals surface area contributed by atoms with Crippen molar-refractivity contribution in [1.82, 2.24) is 0 Å². The predicted molar refractivity (Wildman–Crippen MR) is 133 cm³/mol. The van der Waals surface area contributed by atoms with Crippen LogP contribution in [-0.2, 0) is 10.0 Å². The average Bonchev–Trinajstić information content (AvgIpc) is 3.28. The van der Waals surface area contributed by atoms with Crippen LogP contribution in [0.15, 0.2) is 77.7 Å². The smallest absolute Gasteiger partial charge is 0.269 e. The Balaban J connectivity index is 1.51. The van der Waals surface area contributed by atoms with Gasteiger partial charge in [0, 0.05) is 40.0 Å². The highest BCUT2D eigenvalue weighted by molar-refractivity contribution is 7.92. The molecule has 1 aliphatic carbocycles. The number of aryl methyl sites for hydroxylation is 1. The van der Waals surface area contributed by atoms with Gasteiger partial charge in [0.15, 0.2) is 0 Å². The second-order valence-electron chi connectivity index (χ2n) is 8.66. The first-order valence-electron chi connectivity index (χ1n) is 10.8. The lowest BCUT2D eigenvalue weighted by molar-refractivity contribution is -0.384. The zero-order chi connectivity index (χ0) is 24.0. The molecule has 0 spiro atoms. The van der Waals surface area contributed by atoms with Gasteiger partial charge in [-0.05, 0) is 66.8 Å². The highest BCUT2D eigenvalue weighted by Gasteiger charge is 2.39. The first-order chi connectivity index (χ1) is 16.2. The number of sulfonamides is 1. The third-order valence-corrected chi connectivity index (χ3v) is 8.16. The summed E-state index contributed by atoms with van der Waals surface area (Å²) in [7, 11) is -3.78. The average molecular weight is 496 g/mol. The number of allylic oxidation sites excluding steroid dienone is 2. The molecule has 174 valence electrons. The highest BCUT2D eigenvalue weighted by Crippen LogP contribution is 2.51. The molecule has 7 nitrogen and oxygen atoms in total. The predicted octanol–water partition coefficient (Wildman–Crippen LogP) is 6.18. The van der Waals surface area contributed by atoms with E-state index in [9.17, 15) is 18.5 Å². The fourth-order valence-electron chi connectivity index (χ4n) is 4.85. The van der Waals surface area contributed by atoms with Gasteiger partial charge in [0.2, 0.25) is 0 Å². The van der Waals surface area contributed by atoms with Crippen molar-refractivity contribution < 1.29 is 13.3 Å². The number of fused-ring (bicyclic) bond motifs is 3. The zero-order valence-corrected chi connectivity index (χ0v) is 19.8. The zero-order valence-electron chi connectivity index (χ0n) is 18.2. The van der Waals surface area contributed by atoms with E-state index in [1.165, 1.54) is 12.1 Å². The van der Waals surface area contributed by atoms with E-state index in [4.69, 9.17) is 11.6 Å². The third kappa shape index (κ3) is 4.03. The second kappa shape index (κ2) is 8.45. The van der Waals surface area contributed by atoms with E-state index >= 15 is 0 Å². The molecule has 9 heteroatoms. The quantitative estimate of drug-likeness (QED) is 0.250. The van der Waals surface area contributed by atoms with Gasteiger partial charge < -0.3 is 5.32 Å². The number of rotatable bonds is 5. The summed E-state index contributed by atoms with van der Waals surface area (Å²) in [4.78, 5) is 11.1. The largest absolute Gasteiger partial charge is 0.378 e. The first-order valence-corrected chi connectivity index (χ1v) is 12.7. The molecule has 5 rings (SSSR count). The highest BCUT2D eigenvalue weighted by atomic mass is 35.5. The lowest BCUT2D eigenvalue weighted by atomic mass is 9.77. The first kappa shape index (κ1) is 22.4. The number of nitrogens with zero attached hydrogens (tertiary/aromatic N) is 1.